The van der Waals surface area contributed by atoms with Crippen LogP contribution in [0.15, 0.2) is 0 Å². The fourth-order valence-corrected chi connectivity index (χ4v) is 2.07. The van der Waals surface area contributed by atoms with Crippen LogP contribution in [0.3, 0.4) is 0 Å². The molecule has 108 valence electrons. The Bertz CT molecular complexity index is 215. The Morgan fingerprint density at radius 1 is 1.06 bits per heavy atom. The molecule has 0 heterocycles. The number of nitrogens with zero attached hydrogens (tertiary/aromatic N) is 1. The summed E-state index contributed by atoms with van der Waals surface area (Å²) in [5.41, 5.74) is 0. The van der Waals surface area contributed by atoms with Crippen LogP contribution < -0.4 is 5.32 Å². The minimum Gasteiger partial charge on any atom is -0.355 e. The molecule has 0 aliphatic heterocycles. The third kappa shape index (κ3) is 11.9. The zero-order valence-corrected chi connectivity index (χ0v) is 13.0. The van der Waals surface area contributed by atoms with E-state index in [1.165, 1.54) is 19.3 Å². The van der Waals surface area contributed by atoms with Crippen LogP contribution in [0.5, 0.6) is 0 Å². The molecular formula is C15H32N2O. The lowest BCUT2D eigenvalue weighted by Crippen LogP contribution is -2.37. The fourth-order valence-electron chi connectivity index (χ4n) is 2.07. The molecule has 0 atom stereocenters. The van der Waals surface area contributed by atoms with Gasteiger partial charge in [0.15, 0.2) is 0 Å². The summed E-state index contributed by atoms with van der Waals surface area (Å²) in [5, 5.41) is 2.99. The third-order valence-electron chi connectivity index (χ3n) is 2.87. The predicted octanol–water partition coefficient (Wildman–Crippen LogP) is 2.91. The normalized spacial score (nSPS) is 11.6. The van der Waals surface area contributed by atoms with Gasteiger partial charge in [0.1, 0.15) is 0 Å². The van der Waals surface area contributed by atoms with Crippen LogP contribution >= 0.6 is 0 Å². The molecule has 0 unspecified atom stereocenters. The van der Waals surface area contributed by atoms with Crippen LogP contribution in [0.4, 0.5) is 0 Å². The van der Waals surface area contributed by atoms with Crippen molar-refractivity contribution >= 4 is 5.91 Å². The van der Waals surface area contributed by atoms with E-state index in [4.69, 9.17) is 0 Å². The standard InChI is InChI=1S/C15H32N2O/c1-13(2)9-7-6-8-10-16-15(18)12-17(5)11-14(3)4/h13-14H,6-12H2,1-5H3,(H,16,18). The average molecular weight is 256 g/mol. The number of rotatable bonds is 10. The summed E-state index contributed by atoms with van der Waals surface area (Å²) in [6.07, 6.45) is 4.90. The number of hydrogen-bond donors (Lipinski definition) is 1. The van der Waals surface area contributed by atoms with Gasteiger partial charge in [-0.2, -0.15) is 0 Å². The Hall–Kier alpha value is -0.570. The van der Waals surface area contributed by atoms with E-state index < -0.39 is 0 Å². The van der Waals surface area contributed by atoms with Crippen LogP contribution in [0.1, 0.15) is 53.4 Å². The zero-order chi connectivity index (χ0) is 14.0. The Morgan fingerprint density at radius 2 is 1.72 bits per heavy atom. The van der Waals surface area contributed by atoms with Gasteiger partial charge in [-0.05, 0) is 25.3 Å². The van der Waals surface area contributed by atoms with E-state index >= 15 is 0 Å². The van der Waals surface area contributed by atoms with E-state index in [0.717, 1.165) is 25.4 Å². The average Bonchev–Trinajstić information content (AvgIpc) is 2.21. The molecule has 0 spiro atoms. The number of carbonyl (C=O) groups excluding carboxylic acids is 1. The number of likely N-dealkylation sites (N-methyl/N-ethyl adjacent to an activating group) is 1. The minimum atomic E-state index is 0.155. The van der Waals surface area contributed by atoms with Crippen molar-refractivity contribution in [3.05, 3.63) is 0 Å². The van der Waals surface area contributed by atoms with Crippen LogP contribution in [0.2, 0.25) is 0 Å². The van der Waals surface area contributed by atoms with Crippen LogP contribution in [-0.2, 0) is 4.79 Å². The van der Waals surface area contributed by atoms with Crippen LogP contribution in [0, 0.1) is 11.8 Å². The van der Waals surface area contributed by atoms with Gasteiger partial charge in [-0.25, -0.2) is 0 Å². The molecule has 0 saturated carbocycles. The lowest BCUT2D eigenvalue weighted by atomic mass is 10.1. The van der Waals surface area contributed by atoms with Crippen molar-refractivity contribution in [1.29, 1.82) is 0 Å². The molecule has 18 heavy (non-hydrogen) atoms. The highest BCUT2D eigenvalue weighted by molar-refractivity contribution is 5.77. The van der Waals surface area contributed by atoms with Crippen molar-refractivity contribution < 1.29 is 4.79 Å². The highest BCUT2D eigenvalue weighted by Gasteiger charge is 2.07. The van der Waals surface area contributed by atoms with Crippen LogP contribution in [-0.4, -0.2) is 37.5 Å². The molecule has 0 rings (SSSR count). The van der Waals surface area contributed by atoms with Gasteiger partial charge in [0.05, 0.1) is 6.54 Å². The Kier molecular flexibility index (Phi) is 10.0. The van der Waals surface area contributed by atoms with Gasteiger partial charge in [0, 0.05) is 13.1 Å². The summed E-state index contributed by atoms with van der Waals surface area (Å²) in [5.74, 6) is 1.56. The van der Waals surface area contributed by atoms with Crippen molar-refractivity contribution in [1.82, 2.24) is 10.2 Å². The summed E-state index contributed by atoms with van der Waals surface area (Å²) in [4.78, 5) is 13.7. The largest absolute Gasteiger partial charge is 0.355 e. The highest BCUT2D eigenvalue weighted by Crippen LogP contribution is 2.07. The Balaban J connectivity index is 3.42. The third-order valence-corrected chi connectivity index (χ3v) is 2.87. The summed E-state index contributed by atoms with van der Waals surface area (Å²) in [6, 6.07) is 0. The van der Waals surface area contributed by atoms with E-state index in [1.54, 1.807) is 0 Å². The molecule has 0 aromatic rings. The monoisotopic (exact) mass is 256 g/mol. The lowest BCUT2D eigenvalue weighted by molar-refractivity contribution is -0.122. The van der Waals surface area contributed by atoms with Crippen molar-refractivity contribution in [2.24, 2.45) is 11.8 Å². The maximum atomic E-state index is 11.6. The van der Waals surface area contributed by atoms with Gasteiger partial charge in [0.2, 0.25) is 5.91 Å². The molecule has 0 radical (unpaired) electrons. The number of amides is 1. The van der Waals surface area contributed by atoms with Gasteiger partial charge in [0.25, 0.3) is 0 Å². The Morgan fingerprint density at radius 3 is 2.28 bits per heavy atom. The van der Waals surface area contributed by atoms with E-state index in [-0.39, 0.29) is 5.91 Å². The molecule has 0 fully saturated rings. The summed E-state index contributed by atoms with van der Waals surface area (Å²) >= 11 is 0. The van der Waals surface area contributed by atoms with Gasteiger partial charge in [-0.1, -0.05) is 47.0 Å². The summed E-state index contributed by atoms with van der Waals surface area (Å²) in [6.45, 7) is 11.2. The first-order chi connectivity index (χ1) is 8.41. The van der Waals surface area contributed by atoms with Crippen molar-refractivity contribution in [3.63, 3.8) is 0 Å². The lowest BCUT2D eigenvalue weighted by Gasteiger charge is -2.18. The number of unbranched alkanes of at least 4 members (excludes halogenated alkanes) is 2. The number of hydrogen-bond acceptors (Lipinski definition) is 2. The second-order valence-electron chi connectivity index (χ2n) is 6.18. The predicted molar refractivity (Wildman–Crippen MR) is 78.7 cm³/mol. The molecule has 1 amide bonds. The van der Waals surface area contributed by atoms with E-state index in [1.807, 2.05) is 7.05 Å². The quantitative estimate of drug-likeness (QED) is 0.610. The molecule has 0 aliphatic rings. The summed E-state index contributed by atoms with van der Waals surface area (Å²) < 4.78 is 0. The maximum absolute atomic E-state index is 11.6. The molecule has 0 aromatic heterocycles. The first kappa shape index (κ1) is 17.4. The smallest absolute Gasteiger partial charge is 0.234 e. The van der Waals surface area contributed by atoms with Gasteiger partial charge >= 0.3 is 0 Å². The first-order valence-electron chi connectivity index (χ1n) is 7.37. The molecule has 3 heteroatoms. The van der Waals surface area contributed by atoms with E-state index in [0.29, 0.717) is 12.5 Å². The van der Waals surface area contributed by atoms with Gasteiger partial charge in [-0.15, -0.1) is 0 Å². The molecule has 1 N–H and O–H groups in total. The topological polar surface area (TPSA) is 32.3 Å². The maximum Gasteiger partial charge on any atom is 0.234 e. The Labute approximate surface area is 113 Å². The molecule has 0 saturated heterocycles. The number of nitrogens with one attached hydrogen (secondary N) is 1. The second-order valence-corrected chi connectivity index (χ2v) is 6.18. The van der Waals surface area contributed by atoms with E-state index in [9.17, 15) is 4.79 Å². The van der Waals surface area contributed by atoms with Crippen molar-refractivity contribution in [2.75, 3.05) is 26.7 Å². The van der Waals surface area contributed by atoms with Gasteiger partial charge in [-0.3, -0.25) is 9.69 Å². The second kappa shape index (κ2) is 10.4. The van der Waals surface area contributed by atoms with E-state index in [2.05, 4.69) is 37.9 Å². The first-order valence-corrected chi connectivity index (χ1v) is 7.37. The molecule has 3 nitrogen and oxygen atoms in total. The van der Waals surface area contributed by atoms with Crippen molar-refractivity contribution in [2.45, 2.75) is 53.4 Å². The van der Waals surface area contributed by atoms with Gasteiger partial charge < -0.3 is 5.32 Å². The SMILES string of the molecule is CC(C)CCCCCNC(=O)CN(C)CC(C)C. The molecule has 0 bridgehead atoms. The minimum absolute atomic E-state index is 0.155. The van der Waals surface area contributed by atoms with Crippen LogP contribution in [0.25, 0.3) is 0 Å². The molecule has 0 aliphatic carbocycles. The summed E-state index contributed by atoms with van der Waals surface area (Å²) in [7, 11) is 2.00. The van der Waals surface area contributed by atoms with Crippen molar-refractivity contribution in [3.8, 4) is 0 Å². The zero-order valence-electron chi connectivity index (χ0n) is 13.0. The number of carbonyl (C=O) groups is 1. The molecule has 0 aromatic carbocycles. The fraction of sp³-hybridized carbons (Fsp3) is 0.933. The molecular weight excluding hydrogens is 224 g/mol. The highest BCUT2D eigenvalue weighted by atomic mass is 16.2.